The summed E-state index contributed by atoms with van der Waals surface area (Å²) in [6.45, 7) is 0.612. The smallest absolute Gasteiger partial charge is 0.241 e. The summed E-state index contributed by atoms with van der Waals surface area (Å²) in [6, 6.07) is 21.7. The molecular formula is C23H20ClN2O3S+. The molecule has 4 aromatic rings. The van der Waals surface area contributed by atoms with Crippen molar-refractivity contribution in [2.24, 2.45) is 0 Å². The molecule has 2 atom stereocenters. The van der Waals surface area contributed by atoms with Crippen molar-refractivity contribution in [1.82, 2.24) is 4.72 Å². The van der Waals surface area contributed by atoms with Gasteiger partial charge in [0.2, 0.25) is 10.0 Å². The average Bonchev–Trinajstić information content (AvgIpc) is 3.35. The Kier molecular flexibility index (Phi) is 4.87. The van der Waals surface area contributed by atoms with Gasteiger partial charge in [-0.1, -0.05) is 48.0 Å². The Labute approximate surface area is 179 Å². The molecule has 1 aliphatic rings. The highest BCUT2D eigenvalue weighted by molar-refractivity contribution is 7.89. The van der Waals surface area contributed by atoms with Gasteiger partial charge in [-0.05, 0) is 52.7 Å². The number of hydrogen-bond donors (Lipinski definition) is 2. The van der Waals surface area contributed by atoms with Crippen LogP contribution in [0.25, 0.3) is 10.8 Å². The normalized spacial score (nSPS) is 18.2. The van der Waals surface area contributed by atoms with Crippen LogP contribution in [0.5, 0.6) is 0 Å². The Balaban J connectivity index is 1.54. The van der Waals surface area contributed by atoms with Gasteiger partial charge in [0.05, 0.1) is 11.2 Å². The fourth-order valence-electron chi connectivity index (χ4n) is 4.23. The van der Waals surface area contributed by atoms with Crippen molar-refractivity contribution in [3.05, 3.63) is 101 Å². The first kappa shape index (κ1) is 19.3. The Morgan fingerprint density at radius 2 is 1.67 bits per heavy atom. The Hall–Kier alpha value is -2.64. The van der Waals surface area contributed by atoms with Crippen molar-refractivity contribution in [2.75, 3.05) is 0 Å². The Bertz CT molecular complexity index is 1300. The summed E-state index contributed by atoms with van der Waals surface area (Å²) in [5.41, 5.74) is 2.11. The van der Waals surface area contributed by atoms with E-state index in [1.807, 2.05) is 30.3 Å². The molecule has 0 bridgehead atoms. The molecule has 1 heterocycles. The first-order valence-corrected chi connectivity index (χ1v) is 11.5. The second-order valence-electron chi connectivity index (χ2n) is 7.39. The molecule has 7 heteroatoms. The minimum absolute atomic E-state index is 0.113. The number of nitrogens with one attached hydrogen (secondary N) is 1. The summed E-state index contributed by atoms with van der Waals surface area (Å²) in [5, 5.41) is 4.85. The molecule has 0 amide bonds. The van der Waals surface area contributed by atoms with Gasteiger partial charge in [0.1, 0.15) is 18.6 Å². The van der Waals surface area contributed by atoms with Crippen molar-refractivity contribution in [1.29, 1.82) is 0 Å². The lowest BCUT2D eigenvalue weighted by Gasteiger charge is -2.21. The van der Waals surface area contributed by atoms with E-state index in [0.717, 1.165) is 27.7 Å². The van der Waals surface area contributed by atoms with Gasteiger partial charge in [0.15, 0.2) is 5.76 Å². The molecule has 5 rings (SSSR count). The van der Waals surface area contributed by atoms with E-state index in [4.69, 9.17) is 16.0 Å². The number of sulfonamides is 1. The van der Waals surface area contributed by atoms with Crippen LogP contribution in [0.4, 0.5) is 0 Å². The second-order valence-corrected chi connectivity index (χ2v) is 9.54. The molecule has 3 N–H and O–H groups in total. The van der Waals surface area contributed by atoms with E-state index in [9.17, 15) is 8.42 Å². The molecule has 0 unspecified atom stereocenters. The van der Waals surface area contributed by atoms with Gasteiger partial charge in [0.25, 0.3) is 0 Å². The fraction of sp³-hybridized carbons (Fsp3) is 0.130. The molecule has 3 aromatic carbocycles. The molecule has 0 saturated heterocycles. The standard InChI is InChI=1S/C23H19ClN2O3S/c24-16-9-11-18(12-10-16)30(27,28)26-23-20-8-2-5-15-4-1-7-19(21(15)20)22(23)25-14-17-6-3-13-29-17/h1-13,22-23,25-26H,14H2/p+1/t22-,23+/m1/s1. The van der Waals surface area contributed by atoms with Crippen LogP contribution in [0.15, 0.2) is 88.4 Å². The summed E-state index contributed by atoms with van der Waals surface area (Å²) in [7, 11) is -3.73. The van der Waals surface area contributed by atoms with E-state index in [2.05, 4.69) is 28.2 Å². The highest BCUT2D eigenvalue weighted by Crippen LogP contribution is 2.42. The SMILES string of the molecule is O=S(=O)(N[C@H]1c2cccc3cccc(c23)[C@H]1[NH2+]Cc1ccco1)c1ccc(Cl)cc1. The van der Waals surface area contributed by atoms with E-state index in [-0.39, 0.29) is 10.9 Å². The lowest BCUT2D eigenvalue weighted by atomic mass is 10.0. The van der Waals surface area contributed by atoms with Crippen molar-refractivity contribution < 1.29 is 18.2 Å². The van der Waals surface area contributed by atoms with Gasteiger partial charge < -0.3 is 9.73 Å². The van der Waals surface area contributed by atoms with Crippen LogP contribution in [0, 0.1) is 0 Å². The highest BCUT2D eigenvalue weighted by atomic mass is 35.5. The molecule has 0 saturated carbocycles. The quantitative estimate of drug-likeness (QED) is 0.478. The second kappa shape index (κ2) is 7.56. The van der Waals surface area contributed by atoms with Gasteiger partial charge >= 0.3 is 0 Å². The maximum absolute atomic E-state index is 13.2. The van der Waals surface area contributed by atoms with Crippen molar-refractivity contribution in [3.8, 4) is 0 Å². The maximum Gasteiger partial charge on any atom is 0.241 e. The molecule has 0 aliphatic heterocycles. The maximum atomic E-state index is 13.2. The molecule has 0 radical (unpaired) electrons. The summed E-state index contributed by atoms with van der Waals surface area (Å²) in [6.07, 6.45) is 1.65. The van der Waals surface area contributed by atoms with Crippen LogP contribution in [-0.2, 0) is 16.6 Å². The van der Waals surface area contributed by atoms with Gasteiger partial charge in [-0.25, -0.2) is 8.42 Å². The molecular weight excluding hydrogens is 420 g/mol. The Morgan fingerprint density at radius 1 is 0.933 bits per heavy atom. The zero-order chi connectivity index (χ0) is 20.7. The largest absolute Gasteiger partial charge is 0.463 e. The van der Waals surface area contributed by atoms with Crippen LogP contribution in [0.3, 0.4) is 0 Å². The topological polar surface area (TPSA) is 75.9 Å². The van der Waals surface area contributed by atoms with Gasteiger partial charge in [-0.3, -0.25) is 0 Å². The van der Waals surface area contributed by atoms with Gasteiger partial charge in [-0.2, -0.15) is 4.72 Å². The summed E-state index contributed by atoms with van der Waals surface area (Å²) in [4.78, 5) is 0.194. The predicted molar refractivity (Wildman–Crippen MR) is 116 cm³/mol. The minimum atomic E-state index is -3.73. The minimum Gasteiger partial charge on any atom is -0.463 e. The Morgan fingerprint density at radius 3 is 2.37 bits per heavy atom. The summed E-state index contributed by atoms with van der Waals surface area (Å²) in [5.74, 6) is 0.845. The van der Waals surface area contributed by atoms with E-state index in [1.165, 1.54) is 12.1 Å². The number of halogens is 1. The third-order valence-electron chi connectivity index (χ3n) is 5.58. The molecule has 1 aromatic heterocycles. The van der Waals surface area contributed by atoms with Crippen LogP contribution in [0.1, 0.15) is 29.0 Å². The zero-order valence-electron chi connectivity index (χ0n) is 16.0. The number of nitrogens with two attached hydrogens (primary N) is 1. The number of rotatable bonds is 6. The summed E-state index contributed by atoms with van der Waals surface area (Å²) >= 11 is 5.93. The number of quaternary nitrogens is 1. The average molecular weight is 440 g/mol. The number of furan rings is 1. The molecule has 152 valence electrons. The summed E-state index contributed by atoms with van der Waals surface area (Å²) < 4.78 is 34.7. The molecule has 0 spiro atoms. The molecule has 0 fully saturated rings. The predicted octanol–water partition coefficient (Wildman–Crippen LogP) is 3.92. The molecule has 5 nitrogen and oxygen atoms in total. The van der Waals surface area contributed by atoms with E-state index >= 15 is 0 Å². The first-order valence-electron chi connectivity index (χ1n) is 9.68. The zero-order valence-corrected chi connectivity index (χ0v) is 17.5. The van der Waals surface area contributed by atoms with E-state index < -0.39 is 16.1 Å². The van der Waals surface area contributed by atoms with Crippen molar-refractivity contribution >= 4 is 32.4 Å². The van der Waals surface area contributed by atoms with E-state index in [1.54, 1.807) is 18.4 Å². The first-order chi connectivity index (χ1) is 14.5. The third kappa shape index (κ3) is 3.42. The van der Waals surface area contributed by atoms with Gasteiger partial charge in [0, 0.05) is 10.6 Å². The lowest BCUT2D eigenvalue weighted by Crippen LogP contribution is -2.85. The number of hydrogen-bond acceptors (Lipinski definition) is 3. The molecule has 30 heavy (non-hydrogen) atoms. The van der Waals surface area contributed by atoms with Gasteiger partial charge in [-0.15, -0.1) is 0 Å². The van der Waals surface area contributed by atoms with Crippen LogP contribution in [-0.4, -0.2) is 8.42 Å². The van der Waals surface area contributed by atoms with Crippen LogP contribution < -0.4 is 10.0 Å². The lowest BCUT2D eigenvalue weighted by molar-refractivity contribution is -0.715. The fourth-order valence-corrected chi connectivity index (χ4v) is 5.59. The number of benzene rings is 3. The van der Waals surface area contributed by atoms with Crippen molar-refractivity contribution in [3.63, 3.8) is 0 Å². The monoisotopic (exact) mass is 439 g/mol. The van der Waals surface area contributed by atoms with E-state index in [0.29, 0.717) is 11.6 Å². The van der Waals surface area contributed by atoms with Crippen molar-refractivity contribution in [2.45, 2.75) is 23.5 Å². The van der Waals surface area contributed by atoms with Crippen LogP contribution >= 0.6 is 11.6 Å². The van der Waals surface area contributed by atoms with Crippen LogP contribution in [0.2, 0.25) is 5.02 Å². The molecule has 1 aliphatic carbocycles. The third-order valence-corrected chi connectivity index (χ3v) is 7.29. The highest BCUT2D eigenvalue weighted by Gasteiger charge is 2.39.